The van der Waals surface area contributed by atoms with Crippen LogP contribution in [0.1, 0.15) is 26.7 Å². The summed E-state index contributed by atoms with van der Waals surface area (Å²) in [6.07, 6.45) is 5.19. The molecule has 56 valence electrons. The topological polar surface area (TPSA) is 24.7 Å². The Morgan fingerprint density at radius 2 is 2.20 bits per heavy atom. The van der Waals surface area contributed by atoms with Crippen molar-refractivity contribution in [3.63, 3.8) is 0 Å². The standard InChI is InChI=1S/C8H14N2/c1-4-6-9-7-10-8(3)5-2/h6-7H,3-5H2,1-2H3/b9-6-,10-7-. The Balaban J connectivity index is 3.55. The Morgan fingerprint density at radius 3 is 2.70 bits per heavy atom. The van der Waals surface area contributed by atoms with Gasteiger partial charge in [0, 0.05) is 11.9 Å². The first kappa shape index (κ1) is 9.08. The molecule has 0 amide bonds. The van der Waals surface area contributed by atoms with Crippen molar-refractivity contribution < 1.29 is 0 Å². The summed E-state index contributed by atoms with van der Waals surface area (Å²) in [6, 6.07) is 0. The van der Waals surface area contributed by atoms with Gasteiger partial charge in [-0.25, -0.2) is 9.98 Å². The van der Waals surface area contributed by atoms with Crippen LogP contribution in [0.15, 0.2) is 22.3 Å². The van der Waals surface area contributed by atoms with E-state index in [0.29, 0.717) is 0 Å². The van der Waals surface area contributed by atoms with E-state index in [4.69, 9.17) is 0 Å². The fraction of sp³-hybridized carbons (Fsp3) is 0.500. The molecule has 0 aliphatic rings. The van der Waals surface area contributed by atoms with Crippen LogP contribution in [-0.2, 0) is 0 Å². The lowest BCUT2D eigenvalue weighted by Crippen LogP contribution is -1.73. The molecule has 0 atom stereocenters. The van der Waals surface area contributed by atoms with Crippen LogP contribution < -0.4 is 0 Å². The van der Waals surface area contributed by atoms with Gasteiger partial charge in [0.2, 0.25) is 0 Å². The number of aliphatic imine (C=N–C) groups is 2. The quantitative estimate of drug-likeness (QED) is 0.421. The first-order valence-corrected chi connectivity index (χ1v) is 3.53. The molecule has 0 heterocycles. The molecule has 0 aromatic carbocycles. The van der Waals surface area contributed by atoms with Gasteiger partial charge in [-0.2, -0.15) is 0 Å². The van der Waals surface area contributed by atoms with Crippen LogP contribution in [0.5, 0.6) is 0 Å². The van der Waals surface area contributed by atoms with E-state index in [1.165, 1.54) is 6.34 Å². The average molecular weight is 138 g/mol. The molecule has 2 heteroatoms. The van der Waals surface area contributed by atoms with E-state index >= 15 is 0 Å². The molecule has 0 aliphatic heterocycles. The largest absolute Gasteiger partial charge is 0.249 e. The fourth-order valence-electron chi connectivity index (χ4n) is 0.359. The lowest BCUT2D eigenvalue weighted by molar-refractivity contribution is 1.08. The number of nitrogens with zero attached hydrogens (tertiary/aromatic N) is 2. The predicted octanol–water partition coefficient (Wildman–Crippen LogP) is 2.42. The van der Waals surface area contributed by atoms with Gasteiger partial charge in [0.05, 0.1) is 0 Å². The summed E-state index contributed by atoms with van der Waals surface area (Å²) in [6.45, 7) is 7.75. The summed E-state index contributed by atoms with van der Waals surface area (Å²) in [7, 11) is 0. The lowest BCUT2D eigenvalue weighted by atomic mass is 10.4. The highest BCUT2D eigenvalue weighted by Gasteiger charge is 1.78. The molecule has 0 spiro atoms. The number of rotatable bonds is 4. The monoisotopic (exact) mass is 138 g/mol. The van der Waals surface area contributed by atoms with Gasteiger partial charge < -0.3 is 0 Å². The molecule has 0 bridgehead atoms. The highest BCUT2D eigenvalue weighted by Crippen LogP contribution is 1.95. The van der Waals surface area contributed by atoms with Gasteiger partial charge in [-0.05, 0) is 12.8 Å². The highest BCUT2D eigenvalue weighted by atomic mass is 14.8. The SMILES string of the molecule is C=C(CC)/N=C\N=C/CC. The Morgan fingerprint density at radius 1 is 1.50 bits per heavy atom. The number of allylic oxidation sites excluding steroid dienone is 1. The van der Waals surface area contributed by atoms with Crippen LogP contribution in [0, 0.1) is 0 Å². The van der Waals surface area contributed by atoms with E-state index in [9.17, 15) is 0 Å². The molecule has 0 N–H and O–H groups in total. The zero-order valence-electron chi connectivity index (χ0n) is 6.67. The smallest absolute Gasteiger partial charge is 0.115 e. The number of hydrogen-bond acceptors (Lipinski definition) is 1. The van der Waals surface area contributed by atoms with Crippen molar-refractivity contribution in [1.82, 2.24) is 0 Å². The van der Waals surface area contributed by atoms with E-state index in [0.717, 1.165) is 18.5 Å². The maximum Gasteiger partial charge on any atom is 0.115 e. The van der Waals surface area contributed by atoms with E-state index < -0.39 is 0 Å². The second-order valence-corrected chi connectivity index (χ2v) is 1.90. The first-order valence-electron chi connectivity index (χ1n) is 3.53. The van der Waals surface area contributed by atoms with Crippen molar-refractivity contribution in [1.29, 1.82) is 0 Å². The van der Waals surface area contributed by atoms with Crippen molar-refractivity contribution in [2.45, 2.75) is 26.7 Å². The van der Waals surface area contributed by atoms with Crippen molar-refractivity contribution in [3.05, 3.63) is 12.3 Å². The molecule has 0 aromatic rings. The van der Waals surface area contributed by atoms with Crippen LogP contribution in [0.4, 0.5) is 0 Å². The molecule has 0 unspecified atom stereocenters. The maximum absolute atomic E-state index is 3.96. The summed E-state index contributed by atoms with van der Waals surface area (Å²) >= 11 is 0. The molecule has 0 fully saturated rings. The van der Waals surface area contributed by atoms with Gasteiger partial charge in [0.25, 0.3) is 0 Å². The van der Waals surface area contributed by atoms with Crippen LogP contribution in [-0.4, -0.2) is 12.6 Å². The van der Waals surface area contributed by atoms with Crippen LogP contribution in [0.2, 0.25) is 0 Å². The minimum Gasteiger partial charge on any atom is -0.249 e. The van der Waals surface area contributed by atoms with Crippen LogP contribution in [0.3, 0.4) is 0 Å². The van der Waals surface area contributed by atoms with Gasteiger partial charge in [0.15, 0.2) is 0 Å². The van der Waals surface area contributed by atoms with E-state index in [-0.39, 0.29) is 0 Å². The van der Waals surface area contributed by atoms with Crippen molar-refractivity contribution in [2.24, 2.45) is 9.98 Å². The highest BCUT2D eigenvalue weighted by molar-refractivity contribution is 5.72. The van der Waals surface area contributed by atoms with E-state index in [1.54, 1.807) is 0 Å². The summed E-state index contributed by atoms with van der Waals surface area (Å²) < 4.78 is 0. The zero-order valence-corrected chi connectivity index (χ0v) is 6.67. The Labute approximate surface area is 62.4 Å². The predicted molar refractivity (Wildman–Crippen MR) is 46.7 cm³/mol. The van der Waals surface area contributed by atoms with Gasteiger partial charge in [0.1, 0.15) is 6.34 Å². The minimum atomic E-state index is 0.869. The Hall–Kier alpha value is -0.920. The molecule has 2 nitrogen and oxygen atoms in total. The second-order valence-electron chi connectivity index (χ2n) is 1.90. The number of hydrogen-bond donors (Lipinski definition) is 0. The summed E-state index contributed by atoms with van der Waals surface area (Å²) in [5, 5.41) is 0. The van der Waals surface area contributed by atoms with Crippen molar-refractivity contribution >= 4 is 12.6 Å². The summed E-state index contributed by atoms with van der Waals surface area (Å²) in [5.41, 5.74) is 0.869. The van der Waals surface area contributed by atoms with Gasteiger partial charge >= 0.3 is 0 Å². The zero-order chi connectivity index (χ0) is 7.82. The molecule has 0 saturated carbocycles. The Bertz CT molecular complexity index is 145. The molecule has 0 aromatic heterocycles. The molecule has 0 rings (SSSR count). The third-order valence-corrected chi connectivity index (χ3v) is 1.00. The summed E-state index contributed by atoms with van der Waals surface area (Å²) in [4.78, 5) is 7.86. The molecular weight excluding hydrogens is 124 g/mol. The fourth-order valence-corrected chi connectivity index (χ4v) is 0.359. The van der Waals surface area contributed by atoms with Crippen LogP contribution in [0.25, 0.3) is 0 Å². The third kappa shape index (κ3) is 5.22. The van der Waals surface area contributed by atoms with Gasteiger partial charge in [-0.1, -0.05) is 20.4 Å². The Kier molecular flexibility index (Phi) is 5.63. The third-order valence-electron chi connectivity index (χ3n) is 1.00. The molecule has 0 saturated heterocycles. The minimum absolute atomic E-state index is 0.869. The summed E-state index contributed by atoms with van der Waals surface area (Å²) in [5.74, 6) is 0. The molecule has 0 radical (unpaired) electrons. The van der Waals surface area contributed by atoms with Crippen molar-refractivity contribution in [3.8, 4) is 0 Å². The lowest BCUT2D eigenvalue weighted by Gasteiger charge is -1.86. The van der Waals surface area contributed by atoms with Crippen molar-refractivity contribution in [2.75, 3.05) is 0 Å². The van der Waals surface area contributed by atoms with E-state index in [1.807, 2.05) is 20.1 Å². The maximum atomic E-state index is 3.96. The normalized spacial score (nSPS) is 11.4. The first-order chi connectivity index (χ1) is 4.81. The van der Waals surface area contributed by atoms with E-state index in [2.05, 4.69) is 16.6 Å². The second kappa shape index (κ2) is 6.20. The van der Waals surface area contributed by atoms with Gasteiger partial charge in [-0.3, -0.25) is 0 Å². The average Bonchev–Trinajstić information content (AvgIpc) is 1.98. The van der Waals surface area contributed by atoms with Crippen LogP contribution >= 0.6 is 0 Å². The molecule has 10 heavy (non-hydrogen) atoms. The molecular formula is C8H14N2. The van der Waals surface area contributed by atoms with Gasteiger partial charge in [-0.15, -0.1) is 0 Å². The molecule has 0 aliphatic carbocycles.